The highest BCUT2D eigenvalue weighted by atomic mass is 15.2. The van der Waals surface area contributed by atoms with E-state index in [0.717, 1.165) is 62.0 Å². The van der Waals surface area contributed by atoms with Crippen LogP contribution in [0.25, 0.3) is 11.4 Å². The van der Waals surface area contributed by atoms with Gasteiger partial charge in [-0.3, -0.25) is 9.88 Å². The van der Waals surface area contributed by atoms with Crippen LogP contribution in [0.4, 0.5) is 5.82 Å². The van der Waals surface area contributed by atoms with Gasteiger partial charge in [-0.15, -0.1) is 0 Å². The van der Waals surface area contributed by atoms with E-state index in [-0.39, 0.29) is 0 Å². The summed E-state index contributed by atoms with van der Waals surface area (Å²) in [6.45, 7) is 5.07. The second-order valence-corrected chi connectivity index (χ2v) is 7.94. The van der Waals surface area contributed by atoms with Crippen LogP contribution in [0.3, 0.4) is 0 Å². The fraction of sp³-hybridized carbons (Fsp3) is 0.391. The summed E-state index contributed by atoms with van der Waals surface area (Å²) in [6.07, 6.45) is 12.5. The van der Waals surface area contributed by atoms with Gasteiger partial charge < -0.3 is 4.90 Å². The van der Waals surface area contributed by atoms with Crippen LogP contribution in [0.5, 0.6) is 0 Å². The van der Waals surface area contributed by atoms with Gasteiger partial charge in [-0.2, -0.15) is 0 Å². The van der Waals surface area contributed by atoms with Crippen LogP contribution in [-0.4, -0.2) is 44.5 Å². The zero-order valence-corrected chi connectivity index (χ0v) is 16.7. The first-order valence-electron chi connectivity index (χ1n) is 10.5. The number of nitrogens with zero attached hydrogens (tertiary/aromatic N) is 6. The van der Waals surface area contributed by atoms with Gasteiger partial charge in [0, 0.05) is 75.1 Å². The quantitative estimate of drug-likeness (QED) is 0.684. The van der Waals surface area contributed by atoms with E-state index in [1.807, 2.05) is 30.7 Å². The molecule has 0 bridgehead atoms. The summed E-state index contributed by atoms with van der Waals surface area (Å²) in [5, 5.41) is 0. The number of hydrogen-bond acceptors (Lipinski definition) is 6. The van der Waals surface area contributed by atoms with Crippen molar-refractivity contribution in [3.8, 4) is 11.4 Å². The molecular weight excluding hydrogens is 360 g/mol. The van der Waals surface area contributed by atoms with Crippen LogP contribution < -0.4 is 4.90 Å². The minimum atomic E-state index is 0.766. The molecule has 0 aromatic carbocycles. The number of rotatable bonds is 4. The molecule has 0 amide bonds. The Hall–Kier alpha value is -2.86. The lowest BCUT2D eigenvalue weighted by Gasteiger charge is -2.29. The van der Waals surface area contributed by atoms with Crippen LogP contribution in [-0.2, 0) is 19.5 Å². The van der Waals surface area contributed by atoms with E-state index in [4.69, 9.17) is 9.97 Å². The van der Waals surface area contributed by atoms with E-state index >= 15 is 0 Å². The molecule has 0 aliphatic carbocycles. The molecule has 2 aliphatic rings. The van der Waals surface area contributed by atoms with Crippen LogP contribution in [0.15, 0.2) is 49.1 Å². The van der Waals surface area contributed by atoms with E-state index < -0.39 is 0 Å². The largest absolute Gasteiger partial charge is 0.357 e. The van der Waals surface area contributed by atoms with E-state index in [0.29, 0.717) is 0 Å². The third-order valence-corrected chi connectivity index (χ3v) is 5.83. The molecule has 2 aliphatic heterocycles. The number of anilines is 1. The standard InChI is InChI=1S/C23H26N6/c1-2-10-29(11-3-1)22-7-6-18(13-25-22)16-28-12-8-21-20(17-28)15-26-23(27-21)19-5-4-9-24-14-19/h4-7,9,13-15H,1-3,8,10-12,16-17H2. The second kappa shape index (κ2) is 8.25. The summed E-state index contributed by atoms with van der Waals surface area (Å²) in [7, 11) is 0. The summed E-state index contributed by atoms with van der Waals surface area (Å²) < 4.78 is 0. The van der Waals surface area contributed by atoms with Crippen molar-refractivity contribution in [1.29, 1.82) is 0 Å². The van der Waals surface area contributed by atoms with Gasteiger partial charge in [0.1, 0.15) is 5.82 Å². The molecule has 6 heteroatoms. The van der Waals surface area contributed by atoms with Gasteiger partial charge >= 0.3 is 0 Å². The molecule has 0 spiro atoms. The van der Waals surface area contributed by atoms with E-state index in [2.05, 4.69) is 31.9 Å². The summed E-state index contributed by atoms with van der Waals surface area (Å²) in [5.74, 6) is 1.89. The Morgan fingerprint density at radius 2 is 1.83 bits per heavy atom. The van der Waals surface area contributed by atoms with Gasteiger partial charge in [0.2, 0.25) is 0 Å². The van der Waals surface area contributed by atoms with Crippen molar-refractivity contribution in [1.82, 2.24) is 24.8 Å². The normalized spacial score (nSPS) is 17.2. The molecule has 29 heavy (non-hydrogen) atoms. The van der Waals surface area contributed by atoms with Crippen molar-refractivity contribution in [2.45, 2.75) is 38.8 Å². The van der Waals surface area contributed by atoms with Crippen molar-refractivity contribution in [2.75, 3.05) is 24.5 Å². The van der Waals surface area contributed by atoms with Gasteiger partial charge in [-0.1, -0.05) is 6.07 Å². The highest BCUT2D eigenvalue weighted by Crippen LogP contribution is 2.22. The van der Waals surface area contributed by atoms with Gasteiger partial charge in [-0.25, -0.2) is 15.0 Å². The molecule has 6 nitrogen and oxygen atoms in total. The van der Waals surface area contributed by atoms with Gasteiger partial charge in [0.05, 0.1) is 5.69 Å². The number of piperidine rings is 1. The van der Waals surface area contributed by atoms with Gasteiger partial charge in [-0.05, 0) is 43.0 Å². The molecule has 5 rings (SSSR count). The number of fused-ring (bicyclic) bond motifs is 1. The van der Waals surface area contributed by atoms with Crippen molar-refractivity contribution in [3.63, 3.8) is 0 Å². The zero-order valence-electron chi connectivity index (χ0n) is 16.7. The maximum Gasteiger partial charge on any atom is 0.160 e. The van der Waals surface area contributed by atoms with Crippen molar-refractivity contribution in [2.24, 2.45) is 0 Å². The van der Waals surface area contributed by atoms with E-state index in [1.54, 1.807) is 6.20 Å². The lowest BCUT2D eigenvalue weighted by Crippen LogP contribution is -2.31. The topological polar surface area (TPSA) is 58.0 Å². The molecule has 0 atom stereocenters. The third-order valence-electron chi connectivity index (χ3n) is 5.83. The molecular formula is C23H26N6. The molecule has 3 aromatic heterocycles. The minimum Gasteiger partial charge on any atom is -0.357 e. The van der Waals surface area contributed by atoms with Crippen molar-refractivity contribution >= 4 is 5.82 Å². The Morgan fingerprint density at radius 1 is 0.897 bits per heavy atom. The van der Waals surface area contributed by atoms with Crippen molar-refractivity contribution < 1.29 is 0 Å². The van der Waals surface area contributed by atoms with Crippen molar-refractivity contribution in [3.05, 3.63) is 65.9 Å². The molecule has 5 heterocycles. The van der Waals surface area contributed by atoms with Crippen LogP contribution in [0.2, 0.25) is 0 Å². The molecule has 0 unspecified atom stereocenters. The third kappa shape index (κ3) is 4.12. The monoisotopic (exact) mass is 386 g/mol. The molecule has 0 radical (unpaired) electrons. The lowest BCUT2D eigenvalue weighted by molar-refractivity contribution is 0.242. The summed E-state index contributed by atoms with van der Waals surface area (Å²) in [4.78, 5) is 23.1. The van der Waals surface area contributed by atoms with Gasteiger partial charge in [0.25, 0.3) is 0 Å². The first-order valence-corrected chi connectivity index (χ1v) is 10.5. The fourth-order valence-corrected chi connectivity index (χ4v) is 4.22. The minimum absolute atomic E-state index is 0.766. The lowest BCUT2D eigenvalue weighted by atomic mass is 10.1. The molecule has 0 N–H and O–H groups in total. The fourth-order valence-electron chi connectivity index (χ4n) is 4.22. The zero-order chi connectivity index (χ0) is 19.5. The van der Waals surface area contributed by atoms with Crippen LogP contribution >= 0.6 is 0 Å². The molecule has 1 fully saturated rings. The molecule has 148 valence electrons. The number of pyridine rings is 2. The maximum absolute atomic E-state index is 4.79. The number of hydrogen-bond donors (Lipinski definition) is 0. The average molecular weight is 387 g/mol. The maximum atomic E-state index is 4.79. The Kier molecular flexibility index (Phi) is 5.17. The Bertz CT molecular complexity index is 951. The summed E-state index contributed by atoms with van der Waals surface area (Å²) in [6, 6.07) is 8.34. The predicted octanol–water partition coefficient (Wildman–Crippen LogP) is 3.48. The molecule has 3 aromatic rings. The smallest absolute Gasteiger partial charge is 0.160 e. The first kappa shape index (κ1) is 18.2. The summed E-state index contributed by atoms with van der Waals surface area (Å²) in [5.41, 5.74) is 4.62. The van der Waals surface area contributed by atoms with E-state index in [9.17, 15) is 0 Å². The molecule has 1 saturated heterocycles. The second-order valence-electron chi connectivity index (χ2n) is 7.94. The SMILES string of the molecule is c1cncc(-c2ncc3c(n2)CCN(Cc2ccc(N4CCCCC4)nc2)C3)c1. The first-order chi connectivity index (χ1) is 14.3. The Balaban J connectivity index is 1.24. The Labute approximate surface area is 171 Å². The average Bonchev–Trinajstić information content (AvgIpc) is 2.80. The number of aromatic nitrogens is 4. The Morgan fingerprint density at radius 3 is 2.62 bits per heavy atom. The highest BCUT2D eigenvalue weighted by molar-refractivity contribution is 5.53. The van der Waals surface area contributed by atoms with E-state index in [1.165, 1.54) is 30.4 Å². The molecule has 0 saturated carbocycles. The van der Waals surface area contributed by atoms with Crippen LogP contribution in [0, 0.1) is 0 Å². The van der Waals surface area contributed by atoms with Crippen LogP contribution in [0.1, 0.15) is 36.1 Å². The highest BCUT2D eigenvalue weighted by Gasteiger charge is 2.19. The van der Waals surface area contributed by atoms with Gasteiger partial charge in [0.15, 0.2) is 5.82 Å². The summed E-state index contributed by atoms with van der Waals surface area (Å²) >= 11 is 0. The predicted molar refractivity (Wildman–Crippen MR) is 113 cm³/mol.